The monoisotopic (exact) mass is 290 g/mol. The van der Waals surface area contributed by atoms with Crippen molar-refractivity contribution in [1.29, 1.82) is 0 Å². The maximum absolute atomic E-state index is 12.3. The lowest BCUT2D eigenvalue weighted by Gasteiger charge is -2.21. The maximum atomic E-state index is 12.3. The van der Waals surface area contributed by atoms with E-state index in [1.54, 1.807) is 0 Å². The Hall–Kier alpha value is -1.88. The number of amides is 1. The van der Waals surface area contributed by atoms with Gasteiger partial charge in [0.15, 0.2) is 0 Å². The van der Waals surface area contributed by atoms with Gasteiger partial charge in [0.05, 0.1) is 5.92 Å². The van der Waals surface area contributed by atoms with Gasteiger partial charge in [0, 0.05) is 18.7 Å². The van der Waals surface area contributed by atoms with Crippen molar-refractivity contribution in [2.24, 2.45) is 11.8 Å². The van der Waals surface area contributed by atoms with Crippen LogP contribution in [0.3, 0.4) is 0 Å². The minimum absolute atomic E-state index is 0.0170. The van der Waals surface area contributed by atoms with E-state index in [1.165, 1.54) is 0 Å². The first-order valence-electron chi connectivity index (χ1n) is 7.33. The van der Waals surface area contributed by atoms with Gasteiger partial charge >= 0.3 is 5.97 Å². The number of carbonyl (C=O) groups is 2. The van der Waals surface area contributed by atoms with E-state index < -0.39 is 11.9 Å². The van der Waals surface area contributed by atoms with Crippen molar-refractivity contribution in [3.8, 4) is 0 Å². The van der Waals surface area contributed by atoms with Crippen LogP contribution in [0, 0.1) is 11.8 Å². The number of carboxylic acids is 1. The highest BCUT2D eigenvalue weighted by Gasteiger charge is 2.23. The van der Waals surface area contributed by atoms with E-state index in [-0.39, 0.29) is 18.4 Å². The van der Waals surface area contributed by atoms with Gasteiger partial charge in [0.1, 0.15) is 0 Å². The molecule has 3 N–H and O–H groups in total. The summed E-state index contributed by atoms with van der Waals surface area (Å²) in [5, 5.41) is 15.2. The molecule has 1 aromatic carbocycles. The van der Waals surface area contributed by atoms with Crippen LogP contribution >= 0.6 is 0 Å². The molecule has 5 heteroatoms. The number of carboxylic acid groups (broad SMARTS) is 1. The molecule has 114 valence electrons. The summed E-state index contributed by atoms with van der Waals surface area (Å²) in [6.45, 7) is 5.50. The van der Waals surface area contributed by atoms with Crippen LogP contribution in [0.4, 0.5) is 0 Å². The lowest BCUT2D eigenvalue weighted by Crippen LogP contribution is -2.36. The Balaban J connectivity index is 2.09. The van der Waals surface area contributed by atoms with Gasteiger partial charge in [0.2, 0.25) is 0 Å². The Labute approximate surface area is 124 Å². The molecule has 1 aliphatic rings. The fourth-order valence-corrected chi connectivity index (χ4v) is 2.65. The summed E-state index contributed by atoms with van der Waals surface area (Å²) in [6, 6.07) is 5.70. The summed E-state index contributed by atoms with van der Waals surface area (Å²) in [4.78, 5) is 23.5. The van der Waals surface area contributed by atoms with E-state index in [4.69, 9.17) is 5.11 Å². The van der Waals surface area contributed by atoms with Crippen LogP contribution in [0.25, 0.3) is 0 Å². The van der Waals surface area contributed by atoms with Crippen molar-refractivity contribution in [3.63, 3.8) is 0 Å². The molecule has 0 fully saturated rings. The number of nitrogens with one attached hydrogen (secondary N) is 2. The average Bonchev–Trinajstić information content (AvgIpc) is 2.46. The van der Waals surface area contributed by atoms with Crippen LogP contribution in [-0.4, -0.2) is 30.1 Å². The van der Waals surface area contributed by atoms with Crippen LogP contribution in [0.15, 0.2) is 18.2 Å². The molecule has 1 unspecified atom stereocenters. The normalized spacial score (nSPS) is 15.4. The van der Waals surface area contributed by atoms with Crippen molar-refractivity contribution in [3.05, 3.63) is 34.9 Å². The predicted octanol–water partition coefficient (Wildman–Crippen LogP) is 1.42. The molecule has 0 bridgehead atoms. The number of hydrogen-bond acceptors (Lipinski definition) is 3. The largest absolute Gasteiger partial charge is 0.481 e. The molecule has 1 amide bonds. The standard InChI is InChI=1S/C16H22N2O3/c1-10(2)14(16(20)21)9-18-15(19)13-5-3-4-11-8-17-7-6-12(11)13/h3-5,10,14,17H,6-9H2,1-2H3,(H,18,19)(H,20,21). The molecule has 2 rings (SSSR count). The minimum Gasteiger partial charge on any atom is -0.481 e. The Kier molecular flexibility index (Phi) is 4.96. The maximum Gasteiger partial charge on any atom is 0.308 e. The first kappa shape index (κ1) is 15.5. The fraction of sp³-hybridized carbons (Fsp3) is 0.500. The number of carbonyl (C=O) groups excluding carboxylic acids is 1. The van der Waals surface area contributed by atoms with Crippen LogP contribution < -0.4 is 10.6 Å². The predicted molar refractivity (Wildman–Crippen MR) is 80.1 cm³/mol. The molecular weight excluding hydrogens is 268 g/mol. The summed E-state index contributed by atoms with van der Waals surface area (Å²) in [5.74, 6) is -1.63. The van der Waals surface area contributed by atoms with Gasteiger partial charge in [-0.15, -0.1) is 0 Å². The highest BCUT2D eigenvalue weighted by atomic mass is 16.4. The van der Waals surface area contributed by atoms with Crippen LogP contribution in [-0.2, 0) is 17.8 Å². The van der Waals surface area contributed by atoms with Gasteiger partial charge < -0.3 is 15.7 Å². The Morgan fingerprint density at radius 3 is 2.81 bits per heavy atom. The first-order chi connectivity index (χ1) is 10.0. The van der Waals surface area contributed by atoms with Crippen LogP contribution in [0.5, 0.6) is 0 Å². The topological polar surface area (TPSA) is 78.4 Å². The molecule has 21 heavy (non-hydrogen) atoms. The zero-order valence-corrected chi connectivity index (χ0v) is 12.5. The SMILES string of the molecule is CC(C)C(CNC(=O)c1cccc2c1CCNC2)C(=O)O. The Bertz CT molecular complexity index is 540. The second-order valence-corrected chi connectivity index (χ2v) is 5.77. The summed E-state index contributed by atoms with van der Waals surface area (Å²) < 4.78 is 0. The zero-order chi connectivity index (χ0) is 15.4. The third kappa shape index (κ3) is 3.61. The molecule has 0 saturated carbocycles. The molecule has 0 aromatic heterocycles. The Morgan fingerprint density at radius 2 is 2.14 bits per heavy atom. The van der Waals surface area contributed by atoms with Crippen LogP contribution in [0.2, 0.25) is 0 Å². The van der Waals surface area contributed by atoms with Gasteiger partial charge in [-0.2, -0.15) is 0 Å². The van der Waals surface area contributed by atoms with Crippen molar-refractivity contribution < 1.29 is 14.7 Å². The Morgan fingerprint density at radius 1 is 1.38 bits per heavy atom. The second-order valence-electron chi connectivity index (χ2n) is 5.77. The van der Waals surface area contributed by atoms with Gasteiger partial charge in [-0.05, 0) is 36.1 Å². The van der Waals surface area contributed by atoms with Gasteiger partial charge in [-0.3, -0.25) is 9.59 Å². The number of fused-ring (bicyclic) bond motifs is 1. The van der Waals surface area contributed by atoms with Crippen molar-refractivity contribution in [2.75, 3.05) is 13.1 Å². The molecule has 0 aliphatic carbocycles. The lowest BCUT2D eigenvalue weighted by molar-refractivity contribution is -0.142. The quantitative estimate of drug-likeness (QED) is 0.766. The van der Waals surface area contributed by atoms with E-state index in [1.807, 2.05) is 32.0 Å². The molecule has 1 aromatic rings. The van der Waals surface area contributed by atoms with E-state index in [0.717, 1.165) is 30.6 Å². The summed E-state index contributed by atoms with van der Waals surface area (Å²) >= 11 is 0. The number of aliphatic carboxylic acids is 1. The van der Waals surface area contributed by atoms with Crippen LogP contribution in [0.1, 0.15) is 35.3 Å². The van der Waals surface area contributed by atoms with E-state index in [9.17, 15) is 9.59 Å². The van der Waals surface area contributed by atoms with E-state index in [0.29, 0.717) is 5.56 Å². The zero-order valence-electron chi connectivity index (χ0n) is 12.5. The summed E-state index contributed by atoms with van der Waals surface area (Å²) in [7, 11) is 0. The summed E-state index contributed by atoms with van der Waals surface area (Å²) in [6.07, 6.45) is 0.825. The van der Waals surface area contributed by atoms with E-state index >= 15 is 0 Å². The van der Waals surface area contributed by atoms with Crippen molar-refractivity contribution in [2.45, 2.75) is 26.8 Å². The minimum atomic E-state index is -0.871. The highest BCUT2D eigenvalue weighted by Crippen LogP contribution is 2.19. The first-order valence-corrected chi connectivity index (χ1v) is 7.33. The molecule has 5 nitrogen and oxygen atoms in total. The fourth-order valence-electron chi connectivity index (χ4n) is 2.65. The molecule has 1 aliphatic heterocycles. The molecule has 0 saturated heterocycles. The molecule has 0 radical (unpaired) electrons. The van der Waals surface area contributed by atoms with Crippen molar-refractivity contribution >= 4 is 11.9 Å². The van der Waals surface area contributed by atoms with Gasteiger partial charge in [0.25, 0.3) is 5.91 Å². The molecule has 1 atom stereocenters. The third-order valence-electron chi connectivity index (χ3n) is 3.99. The highest BCUT2D eigenvalue weighted by molar-refractivity contribution is 5.96. The van der Waals surface area contributed by atoms with Gasteiger partial charge in [-0.25, -0.2) is 0 Å². The average molecular weight is 290 g/mol. The lowest BCUT2D eigenvalue weighted by atomic mass is 9.94. The van der Waals surface area contributed by atoms with Gasteiger partial charge in [-0.1, -0.05) is 26.0 Å². The smallest absolute Gasteiger partial charge is 0.308 e. The molecule has 0 spiro atoms. The molecule has 1 heterocycles. The van der Waals surface area contributed by atoms with Crippen molar-refractivity contribution in [1.82, 2.24) is 10.6 Å². The third-order valence-corrected chi connectivity index (χ3v) is 3.99. The molecular formula is C16H22N2O3. The number of hydrogen-bond donors (Lipinski definition) is 3. The summed E-state index contributed by atoms with van der Waals surface area (Å²) in [5.41, 5.74) is 2.89. The second kappa shape index (κ2) is 6.72. The number of rotatable bonds is 5. The number of benzene rings is 1. The van der Waals surface area contributed by atoms with E-state index in [2.05, 4.69) is 10.6 Å².